The van der Waals surface area contributed by atoms with Gasteiger partial charge in [0.05, 0.1) is 28.3 Å². The second kappa shape index (κ2) is 11.4. The van der Waals surface area contributed by atoms with Crippen LogP contribution in [0.5, 0.6) is 0 Å². The van der Waals surface area contributed by atoms with Gasteiger partial charge in [0.25, 0.3) is 0 Å². The molecule has 0 unspecified atom stereocenters. The third-order valence-electron chi connectivity index (χ3n) is 6.83. The Hall–Kier alpha value is -3.74. The molecule has 1 fully saturated rings. The standard InChI is InChI=1S/C29H26Cl2F2N4O3/c1-29(2,3)12-22-18(13-34)24(17-5-4-6-19(31)25(17)33)26(37(22)21-9-8-16(30)11-20(21)32)27(38)36-23-10-7-15(14-35-23)28(39)40/h4-11,14,18,22,24,26H,12H2,1-3H3,(H,39,40)(H,35,36,38)/t18-,22-,24+,26+/m0/s1. The van der Waals surface area contributed by atoms with Crippen LogP contribution in [-0.2, 0) is 4.79 Å². The van der Waals surface area contributed by atoms with Gasteiger partial charge in [0, 0.05) is 23.2 Å². The highest BCUT2D eigenvalue weighted by Gasteiger charge is 2.55. The van der Waals surface area contributed by atoms with Gasteiger partial charge < -0.3 is 15.3 Å². The summed E-state index contributed by atoms with van der Waals surface area (Å²) in [5.41, 5.74) is -0.377. The van der Waals surface area contributed by atoms with Gasteiger partial charge in [0.15, 0.2) is 0 Å². The summed E-state index contributed by atoms with van der Waals surface area (Å²) < 4.78 is 31.0. The molecule has 2 N–H and O–H groups in total. The van der Waals surface area contributed by atoms with Crippen molar-refractivity contribution in [3.63, 3.8) is 0 Å². The van der Waals surface area contributed by atoms with Crippen LogP contribution >= 0.6 is 23.2 Å². The van der Waals surface area contributed by atoms with Gasteiger partial charge in [0.2, 0.25) is 5.91 Å². The third-order valence-corrected chi connectivity index (χ3v) is 7.35. The van der Waals surface area contributed by atoms with Crippen LogP contribution in [0.4, 0.5) is 20.3 Å². The normalized spacial score (nSPS) is 20.7. The number of rotatable bonds is 6. The van der Waals surface area contributed by atoms with E-state index in [0.29, 0.717) is 6.42 Å². The van der Waals surface area contributed by atoms with Crippen LogP contribution in [0.15, 0.2) is 54.7 Å². The maximum absolute atomic E-state index is 15.5. The van der Waals surface area contributed by atoms with Crippen molar-refractivity contribution < 1.29 is 23.5 Å². The summed E-state index contributed by atoms with van der Waals surface area (Å²) in [7, 11) is 0. The van der Waals surface area contributed by atoms with Crippen LogP contribution in [-0.4, -0.2) is 34.1 Å². The first-order valence-electron chi connectivity index (χ1n) is 12.4. The van der Waals surface area contributed by atoms with Crippen LogP contribution in [0.3, 0.4) is 0 Å². The number of carboxylic acid groups (broad SMARTS) is 1. The third kappa shape index (κ3) is 5.88. The van der Waals surface area contributed by atoms with Crippen LogP contribution in [0.25, 0.3) is 0 Å². The number of halogens is 4. The molecule has 1 aliphatic heterocycles. The first kappa shape index (κ1) is 29.2. The molecule has 0 radical (unpaired) electrons. The smallest absolute Gasteiger partial charge is 0.337 e. The predicted octanol–water partition coefficient (Wildman–Crippen LogP) is 6.92. The zero-order valence-corrected chi connectivity index (χ0v) is 23.3. The molecule has 0 spiro atoms. The maximum atomic E-state index is 15.5. The van der Waals surface area contributed by atoms with Gasteiger partial charge in [0.1, 0.15) is 23.5 Å². The quantitative estimate of drug-likeness (QED) is 0.324. The first-order valence-corrected chi connectivity index (χ1v) is 13.1. The number of aromatic carboxylic acids is 1. The lowest BCUT2D eigenvalue weighted by Crippen LogP contribution is -2.47. The molecule has 3 aromatic rings. The molecule has 208 valence electrons. The Balaban J connectivity index is 1.92. The molecule has 0 saturated carbocycles. The molecule has 40 heavy (non-hydrogen) atoms. The van der Waals surface area contributed by atoms with Gasteiger partial charge in [-0.05, 0) is 53.8 Å². The molecule has 1 aromatic heterocycles. The van der Waals surface area contributed by atoms with E-state index < -0.39 is 47.4 Å². The number of aromatic nitrogens is 1. The maximum Gasteiger partial charge on any atom is 0.337 e. The van der Waals surface area contributed by atoms with E-state index in [1.54, 1.807) is 0 Å². The fourth-order valence-electron chi connectivity index (χ4n) is 5.25. The zero-order chi connectivity index (χ0) is 29.4. The minimum atomic E-state index is -1.28. The summed E-state index contributed by atoms with van der Waals surface area (Å²) in [6, 6.07) is 11.2. The van der Waals surface area contributed by atoms with E-state index in [9.17, 15) is 14.9 Å². The molecule has 4 atom stereocenters. The molecule has 2 aromatic carbocycles. The lowest BCUT2D eigenvalue weighted by atomic mass is 9.77. The number of nitriles is 1. The number of hydrogen-bond acceptors (Lipinski definition) is 5. The number of anilines is 2. The van der Waals surface area contributed by atoms with E-state index in [4.69, 9.17) is 28.3 Å². The van der Waals surface area contributed by atoms with Crippen molar-refractivity contribution in [1.82, 2.24) is 4.98 Å². The Labute approximate surface area is 240 Å². The first-order chi connectivity index (χ1) is 18.8. The number of carboxylic acids is 1. The molecule has 1 aliphatic rings. The Kier molecular flexibility index (Phi) is 8.33. The molecule has 11 heteroatoms. The Morgan fingerprint density at radius 3 is 2.45 bits per heavy atom. The molecule has 0 bridgehead atoms. The van der Waals surface area contributed by atoms with Gasteiger partial charge in [-0.1, -0.05) is 56.1 Å². The van der Waals surface area contributed by atoms with Gasteiger partial charge in [-0.15, -0.1) is 0 Å². The summed E-state index contributed by atoms with van der Waals surface area (Å²) in [6.45, 7) is 5.86. The second-order valence-corrected chi connectivity index (χ2v) is 11.7. The lowest BCUT2D eigenvalue weighted by Gasteiger charge is -2.36. The fraction of sp³-hybridized carbons (Fsp3) is 0.310. The fourth-order valence-corrected chi connectivity index (χ4v) is 5.59. The van der Waals surface area contributed by atoms with Crippen LogP contribution < -0.4 is 10.2 Å². The highest BCUT2D eigenvalue weighted by atomic mass is 35.5. The number of carbonyl (C=O) groups excluding carboxylic acids is 1. The number of pyridine rings is 1. The summed E-state index contributed by atoms with van der Waals surface area (Å²) >= 11 is 12.1. The number of nitrogens with one attached hydrogen (secondary N) is 1. The summed E-state index contributed by atoms with van der Waals surface area (Å²) in [5, 5.41) is 22.2. The van der Waals surface area contributed by atoms with Crippen molar-refractivity contribution in [1.29, 1.82) is 5.26 Å². The average Bonchev–Trinajstić information content (AvgIpc) is 3.18. The number of benzene rings is 2. The van der Waals surface area contributed by atoms with E-state index in [0.717, 1.165) is 12.3 Å². The zero-order valence-electron chi connectivity index (χ0n) is 21.8. The van der Waals surface area contributed by atoms with Crippen molar-refractivity contribution in [2.75, 3.05) is 10.2 Å². The van der Waals surface area contributed by atoms with E-state index in [1.807, 2.05) is 20.8 Å². The van der Waals surface area contributed by atoms with Crippen molar-refractivity contribution in [2.24, 2.45) is 11.3 Å². The summed E-state index contributed by atoms with van der Waals surface area (Å²) in [4.78, 5) is 30.8. The Morgan fingerprint density at radius 1 is 1.15 bits per heavy atom. The highest BCUT2D eigenvalue weighted by Crippen LogP contribution is 2.49. The van der Waals surface area contributed by atoms with Crippen LogP contribution in [0.1, 0.15) is 49.0 Å². The summed E-state index contributed by atoms with van der Waals surface area (Å²) in [6.07, 6.45) is 1.44. The number of hydrogen-bond donors (Lipinski definition) is 2. The van der Waals surface area contributed by atoms with E-state index in [1.165, 1.54) is 47.4 Å². The van der Waals surface area contributed by atoms with Gasteiger partial charge in [-0.2, -0.15) is 5.26 Å². The molecule has 4 rings (SSSR count). The topological polar surface area (TPSA) is 106 Å². The molecular formula is C29H26Cl2F2N4O3. The van der Waals surface area contributed by atoms with Crippen molar-refractivity contribution >= 4 is 46.6 Å². The molecule has 7 nitrogen and oxygen atoms in total. The van der Waals surface area contributed by atoms with Crippen molar-refractivity contribution in [3.8, 4) is 6.07 Å². The SMILES string of the molecule is CC(C)(C)C[C@H]1[C@H](C#N)[C@@H](c2cccc(Cl)c2F)[C@H](C(=O)Nc2ccc(C(=O)O)cn2)N1c1ccc(Cl)cc1F. The van der Waals surface area contributed by atoms with Crippen molar-refractivity contribution in [3.05, 3.63) is 87.5 Å². The molecule has 0 aliphatic carbocycles. The van der Waals surface area contributed by atoms with Gasteiger partial charge in [-0.3, -0.25) is 4.79 Å². The number of nitrogens with zero attached hydrogens (tertiary/aromatic N) is 3. The molecule has 1 saturated heterocycles. The largest absolute Gasteiger partial charge is 0.478 e. The average molecular weight is 587 g/mol. The Bertz CT molecular complexity index is 1490. The van der Waals surface area contributed by atoms with Gasteiger partial charge >= 0.3 is 5.97 Å². The molecule has 1 amide bonds. The number of carbonyl (C=O) groups is 2. The Morgan fingerprint density at radius 2 is 1.88 bits per heavy atom. The minimum absolute atomic E-state index is 0.0261. The van der Waals surface area contributed by atoms with Gasteiger partial charge in [-0.25, -0.2) is 18.6 Å². The minimum Gasteiger partial charge on any atom is -0.478 e. The number of amides is 1. The monoisotopic (exact) mass is 586 g/mol. The van der Waals surface area contributed by atoms with Crippen LogP contribution in [0, 0.1) is 34.3 Å². The molecular weight excluding hydrogens is 561 g/mol. The molecule has 2 heterocycles. The highest BCUT2D eigenvalue weighted by molar-refractivity contribution is 6.31. The second-order valence-electron chi connectivity index (χ2n) is 10.8. The van der Waals surface area contributed by atoms with E-state index in [2.05, 4.69) is 16.4 Å². The van der Waals surface area contributed by atoms with E-state index >= 15 is 8.78 Å². The van der Waals surface area contributed by atoms with Crippen LogP contribution in [0.2, 0.25) is 10.0 Å². The predicted molar refractivity (Wildman–Crippen MR) is 149 cm³/mol. The van der Waals surface area contributed by atoms with Crippen molar-refractivity contribution in [2.45, 2.75) is 45.2 Å². The lowest BCUT2D eigenvalue weighted by molar-refractivity contribution is -0.117. The van der Waals surface area contributed by atoms with E-state index in [-0.39, 0.29) is 38.1 Å². The summed E-state index contributed by atoms with van der Waals surface area (Å²) in [5.74, 6) is -5.33.